The van der Waals surface area contributed by atoms with Crippen LogP contribution in [0.1, 0.15) is 31.2 Å². The van der Waals surface area contributed by atoms with Crippen LogP contribution in [0.4, 0.5) is 24.9 Å². The zero-order valence-corrected chi connectivity index (χ0v) is 19.5. The number of halogens is 3. The van der Waals surface area contributed by atoms with Crippen LogP contribution in [-0.4, -0.2) is 51.5 Å². The first-order valence-corrected chi connectivity index (χ1v) is 11.6. The SMILES string of the molecule is COc1cccn(-c2ccc(N[C@H]3CC[C@H](Nc4ncc(C5(C(F)(F)F)CCO5)cn4)C3)nc2)c1=O. The predicted molar refractivity (Wildman–Crippen MR) is 125 cm³/mol. The van der Waals surface area contributed by atoms with Gasteiger partial charge in [-0.25, -0.2) is 15.0 Å². The average molecular weight is 502 g/mol. The normalized spacial score (nSPS) is 23.7. The van der Waals surface area contributed by atoms with E-state index in [4.69, 9.17) is 9.47 Å². The molecule has 1 aliphatic heterocycles. The summed E-state index contributed by atoms with van der Waals surface area (Å²) in [6.07, 6.45) is 3.48. The van der Waals surface area contributed by atoms with Crippen LogP contribution in [0.5, 0.6) is 5.75 Å². The van der Waals surface area contributed by atoms with Gasteiger partial charge in [-0.05, 0) is 43.5 Å². The summed E-state index contributed by atoms with van der Waals surface area (Å²) in [4.78, 5) is 25.0. The Morgan fingerprint density at radius 3 is 2.39 bits per heavy atom. The molecule has 9 nitrogen and oxygen atoms in total. The first-order valence-electron chi connectivity index (χ1n) is 11.6. The van der Waals surface area contributed by atoms with Crippen LogP contribution in [-0.2, 0) is 10.3 Å². The fourth-order valence-corrected chi connectivity index (χ4v) is 4.61. The number of alkyl halides is 3. The van der Waals surface area contributed by atoms with Gasteiger partial charge in [0.15, 0.2) is 11.4 Å². The van der Waals surface area contributed by atoms with Crippen molar-refractivity contribution in [3.8, 4) is 11.4 Å². The molecule has 0 amide bonds. The van der Waals surface area contributed by atoms with Gasteiger partial charge in [0.05, 0.1) is 25.6 Å². The van der Waals surface area contributed by atoms with Gasteiger partial charge in [-0.3, -0.25) is 9.36 Å². The number of ether oxygens (including phenoxy) is 2. The van der Waals surface area contributed by atoms with Crippen molar-refractivity contribution in [1.29, 1.82) is 0 Å². The van der Waals surface area contributed by atoms with Crippen molar-refractivity contribution in [1.82, 2.24) is 19.5 Å². The maximum Gasteiger partial charge on any atom is 0.421 e. The van der Waals surface area contributed by atoms with Crippen molar-refractivity contribution < 1.29 is 22.6 Å². The number of pyridine rings is 2. The van der Waals surface area contributed by atoms with E-state index in [1.54, 1.807) is 30.6 Å². The first kappa shape index (κ1) is 24.0. The first-order chi connectivity index (χ1) is 17.3. The van der Waals surface area contributed by atoms with Crippen LogP contribution in [0, 0.1) is 0 Å². The standard InChI is InChI=1S/C24H25F3N6O3/c1-35-19-3-2-9-33(21(19)34)18-6-7-20(28-14-18)31-16-4-5-17(11-16)32-22-29-12-15(13-30-22)23(8-10-36-23)24(25,26)27/h2-3,6-7,9,12-14,16-17H,4-5,8,10-11H2,1H3,(H,28,31)(H,29,30,32)/t16-,17-,23?/m0/s1. The summed E-state index contributed by atoms with van der Waals surface area (Å²) in [5.74, 6) is 1.21. The monoisotopic (exact) mass is 502 g/mol. The van der Waals surface area contributed by atoms with Crippen molar-refractivity contribution in [2.75, 3.05) is 24.4 Å². The Balaban J connectivity index is 1.17. The fourth-order valence-electron chi connectivity index (χ4n) is 4.61. The molecular formula is C24H25F3N6O3. The molecule has 5 rings (SSSR count). The van der Waals surface area contributed by atoms with E-state index in [2.05, 4.69) is 25.6 Å². The maximum atomic E-state index is 13.4. The number of nitrogens with one attached hydrogen (secondary N) is 2. The molecule has 0 radical (unpaired) electrons. The van der Waals surface area contributed by atoms with Crippen LogP contribution in [0.25, 0.3) is 5.69 Å². The number of hydrogen-bond donors (Lipinski definition) is 2. The van der Waals surface area contributed by atoms with Crippen LogP contribution >= 0.6 is 0 Å². The number of rotatable bonds is 7. The van der Waals surface area contributed by atoms with E-state index in [0.29, 0.717) is 11.5 Å². The molecule has 2 N–H and O–H groups in total. The van der Waals surface area contributed by atoms with Gasteiger partial charge in [-0.15, -0.1) is 0 Å². The fraction of sp³-hybridized carbons (Fsp3) is 0.417. The predicted octanol–water partition coefficient (Wildman–Crippen LogP) is 3.65. The number of methoxy groups -OCH3 is 1. The van der Waals surface area contributed by atoms with Crippen molar-refractivity contribution in [3.05, 3.63) is 65.0 Å². The maximum absolute atomic E-state index is 13.4. The summed E-state index contributed by atoms with van der Waals surface area (Å²) < 4.78 is 51.7. The Hall–Kier alpha value is -3.67. The highest BCUT2D eigenvalue weighted by Crippen LogP contribution is 2.49. The van der Waals surface area contributed by atoms with E-state index in [1.807, 2.05) is 6.07 Å². The minimum Gasteiger partial charge on any atom is -0.491 e. The van der Waals surface area contributed by atoms with E-state index >= 15 is 0 Å². The number of hydrogen-bond acceptors (Lipinski definition) is 8. The molecule has 3 aromatic rings. The molecule has 12 heteroatoms. The molecule has 3 atom stereocenters. The van der Waals surface area contributed by atoms with Gasteiger partial charge in [0.2, 0.25) is 5.95 Å². The molecular weight excluding hydrogens is 477 g/mol. The van der Waals surface area contributed by atoms with Gasteiger partial charge in [-0.1, -0.05) is 0 Å². The Morgan fingerprint density at radius 2 is 1.81 bits per heavy atom. The van der Waals surface area contributed by atoms with E-state index in [0.717, 1.165) is 19.3 Å². The van der Waals surface area contributed by atoms with Crippen molar-refractivity contribution in [2.24, 2.45) is 0 Å². The van der Waals surface area contributed by atoms with Crippen LogP contribution in [0.2, 0.25) is 0 Å². The lowest BCUT2D eigenvalue weighted by Gasteiger charge is -2.42. The molecule has 4 heterocycles. The number of anilines is 2. The third kappa shape index (κ3) is 4.48. The van der Waals surface area contributed by atoms with Crippen LogP contribution in [0.3, 0.4) is 0 Å². The minimum absolute atomic E-state index is 0.0626. The minimum atomic E-state index is -4.51. The van der Waals surface area contributed by atoms with Gasteiger partial charge in [0.25, 0.3) is 5.56 Å². The van der Waals surface area contributed by atoms with Crippen molar-refractivity contribution in [2.45, 2.75) is 49.5 Å². The number of aromatic nitrogens is 4. The number of nitrogens with zero attached hydrogens (tertiary/aromatic N) is 4. The van der Waals surface area contributed by atoms with Gasteiger partial charge in [0.1, 0.15) is 5.82 Å². The molecule has 1 saturated heterocycles. The van der Waals surface area contributed by atoms with Gasteiger partial charge in [-0.2, -0.15) is 13.2 Å². The highest BCUT2D eigenvalue weighted by atomic mass is 19.4. The van der Waals surface area contributed by atoms with E-state index in [1.165, 1.54) is 24.1 Å². The summed E-state index contributed by atoms with van der Waals surface area (Å²) in [7, 11) is 1.45. The molecule has 36 heavy (non-hydrogen) atoms. The van der Waals surface area contributed by atoms with E-state index in [-0.39, 0.29) is 47.9 Å². The van der Waals surface area contributed by atoms with E-state index in [9.17, 15) is 18.0 Å². The third-order valence-corrected chi connectivity index (χ3v) is 6.65. The summed E-state index contributed by atoms with van der Waals surface area (Å²) in [5.41, 5.74) is -2.02. The zero-order chi connectivity index (χ0) is 25.3. The molecule has 190 valence electrons. The quantitative estimate of drug-likeness (QED) is 0.505. The summed E-state index contributed by atoms with van der Waals surface area (Å²) in [6, 6.07) is 7.16. The van der Waals surface area contributed by atoms with Crippen molar-refractivity contribution in [3.63, 3.8) is 0 Å². The summed E-state index contributed by atoms with van der Waals surface area (Å²) in [6.45, 7) is 0.0626. The van der Waals surface area contributed by atoms with Crippen LogP contribution in [0.15, 0.2) is 53.8 Å². The Kier molecular flexibility index (Phi) is 6.29. The van der Waals surface area contributed by atoms with Crippen LogP contribution < -0.4 is 20.9 Å². The molecule has 2 aliphatic rings. The average Bonchev–Trinajstić information content (AvgIpc) is 3.26. The third-order valence-electron chi connectivity index (χ3n) is 6.65. The van der Waals surface area contributed by atoms with Gasteiger partial charge >= 0.3 is 6.18 Å². The highest BCUT2D eigenvalue weighted by molar-refractivity contribution is 5.43. The Labute approximate surface area is 204 Å². The second-order valence-electron chi connectivity index (χ2n) is 8.87. The van der Waals surface area contributed by atoms with Gasteiger partial charge < -0.3 is 20.1 Å². The Morgan fingerprint density at radius 1 is 1.08 bits per heavy atom. The molecule has 0 bridgehead atoms. The molecule has 1 saturated carbocycles. The van der Waals surface area contributed by atoms with E-state index < -0.39 is 11.8 Å². The second-order valence-corrected chi connectivity index (χ2v) is 8.87. The molecule has 1 aliphatic carbocycles. The van der Waals surface area contributed by atoms with Crippen molar-refractivity contribution >= 4 is 11.8 Å². The lowest BCUT2D eigenvalue weighted by molar-refractivity contribution is -0.333. The lowest BCUT2D eigenvalue weighted by Crippen LogP contribution is -2.52. The molecule has 1 unspecified atom stereocenters. The molecule has 3 aromatic heterocycles. The smallest absolute Gasteiger partial charge is 0.421 e. The van der Waals surface area contributed by atoms with Gasteiger partial charge in [0, 0.05) is 42.7 Å². The summed E-state index contributed by atoms with van der Waals surface area (Å²) >= 11 is 0. The second kappa shape index (κ2) is 9.41. The Bertz CT molecular complexity index is 1260. The molecule has 2 fully saturated rings. The topological polar surface area (TPSA) is 103 Å². The highest BCUT2D eigenvalue weighted by Gasteiger charge is 2.61. The zero-order valence-electron chi connectivity index (χ0n) is 19.5. The molecule has 0 spiro atoms. The molecule has 0 aromatic carbocycles. The summed E-state index contributed by atoms with van der Waals surface area (Å²) in [5, 5.41) is 6.59. The largest absolute Gasteiger partial charge is 0.491 e. The lowest BCUT2D eigenvalue weighted by atomic mass is 9.87.